The molecule has 7 nitrogen and oxygen atoms in total. The fourth-order valence-corrected chi connectivity index (χ4v) is 4.00. The molecule has 0 aliphatic carbocycles. The first-order valence-electron chi connectivity index (χ1n) is 12.1. The quantitative estimate of drug-likeness (QED) is 0.0808. The molecule has 0 aliphatic heterocycles. The fraction of sp³-hybridized carbons (Fsp3) is 0.133. The number of fused-ring (bicyclic) bond motifs is 2. The number of rotatable bonds is 5. The molecule has 45 heavy (non-hydrogen) atoms. The molecule has 0 radical (unpaired) electrons. The maximum atomic E-state index is 11.3. The minimum atomic E-state index is -0.0905. The number of phenolic OH excluding ortho intramolecular Hbond substituents is 1. The van der Waals surface area contributed by atoms with Gasteiger partial charge in [-0.1, -0.05) is 68.9 Å². The molecule has 5 aromatic rings. The monoisotopic (exact) mass is 935 g/mol. The second-order valence-electron chi connectivity index (χ2n) is 8.31. The van der Waals surface area contributed by atoms with Gasteiger partial charge in [-0.15, -0.1) is 11.6 Å². The van der Waals surface area contributed by atoms with Crippen LogP contribution in [0.3, 0.4) is 0 Å². The van der Waals surface area contributed by atoms with Crippen LogP contribution < -0.4 is 0 Å². The molecule has 0 atom stereocenters. The Labute approximate surface area is 307 Å². The number of phenols is 1. The Morgan fingerprint density at radius 1 is 0.822 bits per heavy atom. The fourth-order valence-electron chi connectivity index (χ4n) is 3.07. The number of alkyl halides is 2. The number of furan rings is 2. The van der Waals surface area contributed by atoms with E-state index in [2.05, 4.69) is 44.2 Å². The molecule has 1 N–H and O–H groups in total. The first kappa shape index (κ1) is 41.4. The molecule has 0 saturated heterocycles. The van der Waals surface area contributed by atoms with Crippen molar-refractivity contribution < 1.29 is 44.5 Å². The number of aromatic hydroxyl groups is 1. The van der Waals surface area contributed by atoms with Crippen LogP contribution in [-0.4, -0.2) is 40.0 Å². The van der Waals surface area contributed by atoms with Gasteiger partial charge in [-0.2, -0.15) is 0 Å². The summed E-state index contributed by atoms with van der Waals surface area (Å²) in [6, 6.07) is 18.5. The summed E-state index contributed by atoms with van der Waals surface area (Å²) in [6.07, 6.45) is 0.525. The number of hydrogen-bond donors (Lipinski definition) is 1. The Balaban J connectivity index is 0.000000305. The van der Waals surface area contributed by atoms with E-state index in [4.69, 9.17) is 60.3 Å². The normalized spacial score (nSPS) is 9.80. The second kappa shape index (κ2) is 22.0. The van der Waals surface area contributed by atoms with Crippen molar-refractivity contribution in [3.05, 3.63) is 98.9 Å². The van der Waals surface area contributed by atoms with Crippen molar-refractivity contribution in [2.45, 2.75) is 13.8 Å². The molecular weight excluding hydrogens is 917 g/mol. The zero-order chi connectivity index (χ0) is 34.1. The van der Waals surface area contributed by atoms with Crippen LogP contribution in [0, 0.1) is 0 Å². The van der Waals surface area contributed by atoms with Crippen LogP contribution in [0.2, 0.25) is 15.1 Å². The molecule has 0 saturated carbocycles. The number of aldehydes is 1. The Bertz CT molecular complexity index is 1720. The molecule has 0 unspecified atom stereocenters. The molecule has 3 aromatic carbocycles. The number of Topliss-reactive ketones (excluding diaryl/α,β-unsaturated/α-hetero) is 3. The van der Waals surface area contributed by atoms with E-state index in [-0.39, 0.29) is 44.9 Å². The first-order valence-corrected chi connectivity index (χ1v) is 19.5. The van der Waals surface area contributed by atoms with Gasteiger partial charge in [0.15, 0.2) is 23.6 Å². The van der Waals surface area contributed by atoms with Crippen LogP contribution in [0.15, 0.2) is 75.6 Å². The van der Waals surface area contributed by atoms with Gasteiger partial charge in [-0.25, -0.2) is 0 Å². The van der Waals surface area contributed by atoms with Gasteiger partial charge in [0.1, 0.15) is 22.7 Å². The summed E-state index contributed by atoms with van der Waals surface area (Å²) in [4.78, 5) is 42.2. The molecule has 5 rings (SSSR count). The number of carbonyl (C=O) groups excluding carboxylic acids is 4. The van der Waals surface area contributed by atoms with Gasteiger partial charge in [0.25, 0.3) is 0 Å². The Kier molecular flexibility index (Phi) is 20.2. The van der Waals surface area contributed by atoms with Crippen molar-refractivity contribution in [1.29, 1.82) is 0 Å². The summed E-state index contributed by atoms with van der Waals surface area (Å²) >= 11 is 32.8. The van der Waals surface area contributed by atoms with E-state index < -0.39 is 0 Å². The Hall–Kier alpha value is -1.66. The first-order chi connectivity index (χ1) is 21.3. The standard InChI is InChI=1S/C10H6BrClO2.C10H7ClO2.C7H5ClO2.C3H5ClO.2BrH.Cu/c11-5-8(13)10-4-6-7(12)2-1-3-9(6)14-10;1-6(12)10-5-7-8(11)3-2-4-9(7)13-10;8-6-2-1-3-7(10)5(6)4-9;1-3(5)2-4;;;/h1-4H,5H2;2-5H,1H3;1-4,10H;2H2,1H3;2*1H;/q;;;;;;+2/p-2. The summed E-state index contributed by atoms with van der Waals surface area (Å²) in [7, 11) is 0. The minimum absolute atomic E-state index is 0.0201. The molecule has 2 aromatic heterocycles. The van der Waals surface area contributed by atoms with E-state index in [0.717, 1.165) is 10.8 Å². The third-order valence-electron chi connectivity index (χ3n) is 5.10. The van der Waals surface area contributed by atoms with Crippen molar-refractivity contribution in [2.75, 3.05) is 11.2 Å². The molecular formula is C30H23Br3Cl4CuO7. The topological polar surface area (TPSA) is 115 Å². The zero-order valence-corrected chi connectivity index (χ0v) is 31.9. The van der Waals surface area contributed by atoms with Gasteiger partial charge in [-0.3, -0.25) is 19.2 Å². The third-order valence-corrected chi connectivity index (χ3v) is 6.97. The van der Waals surface area contributed by atoms with Gasteiger partial charge in [0, 0.05) is 17.7 Å². The van der Waals surface area contributed by atoms with Crippen LogP contribution in [-0.2, 0) is 16.1 Å². The van der Waals surface area contributed by atoms with Crippen LogP contribution in [0.4, 0.5) is 0 Å². The molecule has 2 heterocycles. The molecule has 0 fully saturated rings. The van der Waals surface area contributed by atoms with Gasteiger partial charge >= 0.3 is 39.6 Å². The van der Waals surface area contributed by atoms with E-state index in [1.807, 2.05) is 0 Å². The number of halogens is 7. The molecule has 0 aliphatic rings. The SMILES string of the molecule is CC(=O)CCl.CC(=O)c1cc2c(Cl)cccc2o1.O=C(CBr)c1cc2c(Cl)cccc2o1.O=Cc1c(O)cccc1Cl.[Br][Cu][Br]. The molecule has 0 amide bonds. The van der Waals surface area contributed by atoms with Gasteiger partial charge in [0.2, 0.25) is 5.78 Å². The second-order valence-corrected chi connectivity index (χ2v) is 15.1. The van der Waals surface area contributed by atoms with Crippen molar-refractivity contribution in [3.8, 4) is 5.75 Å². The summed E-state index contributed by atoms with van der Waals surface area (Å²) in [5.41, 5.74) is 1.43. The predicted octanol–water partition coefficient (Wildman–Crippen LogP) is 11.3. The van der Waals surface area contributed by atoms with Gasteiger partial charge in [-0.05, 0) is 55.5 Å². The number of benzene rings is 3. The molecule has 0 spiro atoms. The van der Waals surface area contributed by atoms with E-state index >= 15 is 0 Å². The predicted molar refractivity (Wildman–Crippen MR) is 188 cm³/mol. The van der Waals surface area contributed by atoms with E-state index in [9.17, 15) is 19.2 Å². The van der Waals surface area contributed by atoms with Crippen molar-refractivity contribution in [1.82, 2.24) is 0 Å². The van der Waals surface area contributed by atoms with Crippen LogP contribution in [0.5, 0.6) is 5.75 Å². The summed E-state index contributed by atoms with van der Waals surface area (Å²) in [5.74, 6) is 0.590. The van der Waals surface area contributed by atoms with E-state index in [1.54, 1.807) is 60.7 Å². The maximum absolute atomic E-state index is 11.3. The summed E-state index contributed by atoms with van der Waals surface area (Å²) < 4.78 is 10.6. The number of ketones is 3. The van der Waals surface area contributed by atoms with Crippen LogP contribution in [0.25, 0.3) is 21.9 Å². The van der Waals surface area contributed by atoms with E-state index in [0.29, 0.717) is 39.0 Å². The van der Waals surface area contributed by atoms with Crippen molar-refractivity contribution >= 4 is 136 Å². The van der Waals surface area contributed by atoms with Gasteiger partial charge in [0.05, 0.1) is 31.8 Å². The molecule has 15 heteroatoms. The van der Waals surface area contributed by atoms with Gasteiger partial charge < -0.3 is 13.9 Å². The Morgan fingerprint density at radius 2 is 1.24 bits per heavy atom. The number of hydrogen-bond acceptors (Lipinski definition) is 7. The van der Waals surface area contributed by atoms with Crippen LogP contribution in [0.1, 0.15) is 45.3 Å². The summed E-state index contributed by atoms with van der Waals surface area (Å²) in [6.45, 7) is 2.92. The van der Waals surface area contributed by atoms with Crippen molar-refractivity contribution in [3.63, 3.8) is 0 Å². The molecule has 0 bridgehead atoms. The third kappa shape index (κ3) is 13.9. The average molecular weight is 941 g/mol. The van der Waals surface area contributed by atoms with Crippen molar-refractivity contribution in [2.24, 2.45) is 0 Å². The zero-order valence-electron chi connectivity index (χ0n) is 23.2. The molecule has 245 valence electrons. The Morgan fingerprint density at radius 3 is 1.60 bits per heavy atom. The van der Waals surface area contributed by atoms with Crippen LogP contribution >= 0.6 is 90.6 Å². The van der Waals surface area contributed by atoms with E-state index in [1.165, 1.54) is 31.3 Å². The average Bonchev–Trinajstić information content (AvgIpc) is 3.65. The summed E-state index contributed by atoms with van der Waals surface area (Å²) in [5, 5.41) is 12.3. The number of carbonyl (C=O) groups is 4.